The molecule has 0 saturated carbocycles. The van der Waals surface area contributed by atoms with Crippen LogP contribution in [0.3, 0.4) is 0 Å². The van der Waals surface area contributed by atoms with E-state index < -0.39 is 24.7 Å². The number of carbonyl (C=O) groups is 2. The van der Waals surface area contributed by atoms with Gasteiger partial charge in [-0.2, -0.15) is 13.2 Å². The molecule has 0 saturated heterocycles. The summed E-state index contributed by atoms with van der Waals surface area (Å²) in [6.07, 6.45) is -5.06. The van der Waals surface area contributed by atoms with Crippen LogP contribution in [0.25, 0.3) is 0 Å². The second kappa shape index (κ2) is 7.55. The van der Waals surface area contributed by atoms with Gasteiger partial charge in [-0.25, -0.2) is 4.79 Å². The second-order valence-corrected chi connectivity index (χ2v) is 3.43. The summed E-state index contributed by atoms with van der Waals surface area (Å²) in [7, 11) is 0. The van der Waals surface area contributed by atoms with Gasteiger partial charge in [0.15, 0.2) is 6.61 Å². The largest absolute Gasteiger partial charge is 0.490 e. The lowest BCUT2D eigenvalue weighted by atomic mass is 10.2. The molecule has 0 aromatic carbocycles. The van der Waals surface area contributed by atoms with Gasteiger partial charge >= 0.3 is 12.1 Å². The van der Waals surface area contributed by atoms with Crippen molar-refractivity contribution in [1.29, 1.82) is 0 Å². The molecular weight excluding hydrogens is 253 g/mol. The molecule has 0 aliphatic rings. The van der Waals surface area contributed by atoms with E-state index in [0.29, 0.717) is 13.1 Å². The van der Waals surface area contributed by atoms with E-state index >= 15 is 0 Å². The lowest BCUT2D eigenvalue weighted by molar-refractivity contribution is -0.198. The Hall–Kier alpha value is -1.75. The van der Waals surface area contributed by atoms with Crippen molar-refractivity contribution in [3.8, 4) is 11.8 Å². The Morgan fingerprint density at radius 1 is 1.44 bits per heavy atom. The van der Waals surface area contributed by atoms with E-state index in [2.05, 4.69) is 10.1 Å². The van der Waals surface area contributed by atoms with E-state index in [-0.39, 0.29) is 5.92 Å². The van der Waals surface area contributed by atoms with Crippen LogP contribution in [0.1, 0.15) is 6.92 Å². The van der Waals surface area contributed by atoms with Crippen LogP contribution in [0, 0.1) is 17.8 Å². The number of hydrogen-bond acceptors (Lipinski definition) is 4. The Bertz CT molecular complexity index is 358. The Labute approximate surface area is 102 Å². The number of halogens is 3. The minimum absolute atomic E-state index is 0.0683. The summed E-state index contributed by atoms with van der Waals surface area (Å²) < 4.78 is 38.8. The summed E-state index contributed by atoms with van der Waals surface area (Å²) in [5, 5.41) is 2.40. The van der Waals surface area contributed by atoms with Crippen LogP contribution in [0.4, 0.5) is 13.2 Å². The average molecular weight is 266 g/mol. The first-order valence-corrected chi connectivity index (χ1v) is 4.98. The van der Waals surface area contributed by atoms with E-state index in [1.807, 2.05) is 11.8 Å². The van der Waals surface area contributed by atoms with Crippen molar-refractivity contribution in [3.05, 3.63) is 0 Å². The summed E-state index contributed by atoms with van der Waals surface area (Å²) in [6.45, 7) is 1.71. The number of rotatable bonds is 4. The maximum absolute atomic E-state index is 11.7. The van der Waals surface area contributed by atoms with E-state index in [1.165, 1.54) is 0 Å². The molecule has 8 heteroatoms. The maximum atomic E-state index is 11.7. The predicted octanol–water partition coefficient (Wildman–Crippen LogP) is -0.194. The Kier molecular flexibility index (Phi) is 6.82. The van der Waals surface area contributed by atoms with Crippen molar-refractivity contribution in [2.24, 2.45) is 11.7 Å². The Morgan fingerprint density at radius 2 is 2.06 bits per heavy atom. The van der Waals surface area contributed by atoms with Gasteiger partial charge in [0.2, 0.25) is 0 Å². The Balaban J connectivity index is 3.91. The van der Waals surface area contributed by atoms with Gasteiger partial charge in [-0.1, -0.05) is 12.8 Å². The summed E-state index contributed by atoms with van der Waals surface area (Å²) >= 11 is 0. The molecule has 0 radical (unpaired) electrons. The third-order valence-electron chi connectivity index (χ3n) is 1.72. The van der Waals surface area contributed by atoms with Crippen molar-refractivity contribution in [2.45, 2.75) is 13.1 Å². The van der Waals surface area contributed by atoms with Crippen molar-refractivity contribution < 1.29 is 27.5 Å². The average Bonchev–Trinajstić information content (AvgIpc) is 2.29. The molecule has 1 unspecified atom stereocenters. The number of nitrogens with one attached hydrogen (secondary N) is 1. The zero-order valence-electron chi connectivity index (χ0n) is 9.63. The van der Waals surface area contributed by atoms with Crippen molar-refractivity contribution in [3.63, 3.8) is 0 Å². The molecule has 0 fully saturated rings. The highest BCUT2D eigenvalue weighted by molar-refractivity contribution is 5.93. The molecule has 0 aliphatic carbocycles. The van der Waals surface area contributed by atoms with Crippen molar-refractivity contribution >= 4 is 11.9 Å². The summed E-state index contributed by atoms with van der Waals surface area (Å²) in [5.41, 5.74) is 5.30. The van der Waals surface area contributed by atoms with E-state index in [0.717, 1.165) is 0 Å². The SMILES string of the molecule is CC(CN)CNC(=O)C#CCOC(=O)C(F)(F)F. The molecule has 5 nitrogen and oxygen atoms in total. The van der Waals surface area contributed by atoms with E-state index in [9.17, 15) is 22.8 Å². The number of amides is 1. The fraction of sp³-hybridized carbons (Fsp3) is 0.600. The highest BCUT2D eigenvalue weighted by atomic mass is 19.4. The fourth-order valence-electron chi connectivity index (χ4n) is 0.694. The molecule has 0 spiro atoms. The van der Waals surface area contributed by atoms with Crippen LogP contribution in [0.15, 0.2) is 0 Å². The van der Waals surface area contributed by atoms with Crippen LogP contribution in [-0.2, 0) is 14.3 Å². The number of alkyl halides is 3. The number of carbonyl (C=O) groups excluding carboxylic acids is 2. The monoisotopic (exact) mass is 266 g/mol. The second-order valence-electron chi connectivity index (χ2n) is 3.43. The minimum atomic E-state index is -5.06. The lowest BCUT2D eigenvalue weighted by Gasteiger charge is -2.06. The van der Waals surface area contributed by atoms with E-state index in [4.69, 9.17) is 5.73 Å². The number of hydrogen-bond donors (Lipinski definition) is 2. The lowest BCUT2D eigenvalue weighted by Crippen LogP contribution is -2.30. The van der Waals surface area contributed by atoms with Gasteiger partial charge in [-0.05, 0) is 18.4 Å². The molecule has 0 aliphatic heterocycles. The summed E-state index contributed by atoms with van der Waals surface area (Å²) in [4.78, 5) is 21.3. The standard InChI is InChI=1S/C10H13F3N2O3/c1-7(5-14)6-15-8(16)3-2-4-18-9(17)10(11,12)13/h7H,4-6,14H2,1H3,(H,15,16). The van der Waals surface area contributed by atoms with Gasteiger partial charge in [0.1, 0.15) is 0 Å². The minimum Gasteiger partial charge on any atom is -0.446 e. The molecule has 18 heavy (non-hydrogen) atoms. The van der Waals surface area contributed by atoms with Gasteiger partial charge in [0, 0.05) is 6.54 Å². The Morgan fingerprint density at radius 3 is 2.56 bits per heavy atom. The van der Waals surface area contributed by atoms with Crippen LogP contribution in [-0.4, -0.2) is 37.7 Å². The molecule has 1 amide bonds. The van der Waals surface area contributed by atoms with Gasteiger partial charge in [-0.15, -0.1) is 0 Å². The molecule has 1 atom stereocenters. The summed E-state index contributed by atoms with van der Waals surface area (Å²) in [5.74, 6) is 1.04. The fourth-order valence-corrected chi connectivity index (χ4v) is 0.694. The first-order chi connectivity index (χ1) is 8.27. The molecule has 0 rings (SSSR count). The maximum Gasteiger partial charge on any atom is 0.490 e. The van der Waals surface area contributed by atoms with Crippen LogP contribution < -0.4 is 11.1 Å². The third-order valence-corrected chi connectivity index (χ3v) is 1.72. The number of esters is 1. The van der Waals surface area contributed by atoms with Crippen LogP contribution in [0.2, 0.25) is 0 Å². The van der Waals surface area contributed by atoms with Crippen molar-refractivity contribution in [2.75, 3.05) is 19.7 Å². The summed E-state index contributed by atoms with van der Waals surface area (Å²) in [6, 6.07) is 0. The normalized spacial score (nSPS) is 12.1. The number of nitrogens with two attached hydrogens (primary N) is 1. The topological polar surface area (TPSA) is 81.4 Å². The van der Waals surface area contributed by atoms with Crippen LogP contribution in [0.5, 0.6) is 0 Å². The molecule has 0 aromatic rings. The predicted molar refractivity (Wildman–Crippen MR) is 56.0 cm³/mol. The number of ether oxygens (including phenoxy) is 1. The van der Waals surface area contributed by atoms with Gasteiger partial charge in [0.25, 0.3) is 5.91 Å². The molecule has 0 heterocycles. The van der Waals surface area contributed by atoms with E-state index in [1.54, 1.807) is 6.92 Å². The molecule has 0 aromatic heterocycles. The van der Waals surface area contributed by atoms with Gasteiger partial charge in [-0.3, -0.25) is 4.79 Å². The first-order valence-electron chi connectivity index (χ1n) is 4.98. The highest BCUT2D eigenvalue weighted by Crippen LogP contribution is 2.15. The smallest absolute Gasteiger partial charge is 0.446 e. The molecule has 0 bridgehead atoms. The van der Waals surface area contributed by atoms with Crippen LogP contribution >= 0.6 is 0 Å². The molecule has 102 valence electrons. The van der Waals surface area contributed by atoms with Gasteiger partial charge in [0.05, 0.1) is 0 Å². The first kappa shape index (κ1) is 16.2. The molecule has 3 N–H and O–H groups in total. The highest BCUT2D eigenvalue weighted by Gasteiger charge is 2.40. The zero-order chi connectivity index (χ0) is 14.2. The quantitative estimate of drug-likeness (QED) is 0.545. The van der Waals surface area contributed by atoms with Crippen molar-refractivity contribution in [1.82, 2.24) is 5.32 Å². The van der Waals surface area contributed by atoms with Gasteiger partial charge < -0.3 is 15.8 Å². The third kappa shape index (κ3) is 7.51. The zero-order valence-corrected chi connectivity index (χ0v) is 9.63. The molecular formula is C10H13F3N2O3.